The molecule has 4 nitrogen and oxygen atoms in total. The summed E-state index contributed by atoms with van der Waals surface area (Å²) < 4.78 is 1.03. The van der Waals surface area contributed by atoms with Gasteiger partial charge < -0.3 is 16.0 Å². The van der Waals surface area contributed by atoms with Gasteiger partial charge in [-0.25, -0.2) is 0 Å². The zero-order chi connectivity index (χ0) is 13.1. The van der Waals surface area contributed by atoms with E-state index in [-0.39, 0.29) is 11.9 Å². The van der Waals surface area contributed by atoms with Gasteiger partial charge in [-0.2, -0.15) is 0 Å². The predicted octanol–water partition coefficient (Wildman–Crippen LogP) is 1.49. The van der Waals surface area contributed by atoms with Gasteiger partial charge in [0.1, 0.15) is 6.04 Å². The van der Waals surface area contributed by atoms with Crippen molar-refractivity contribution in [2.24, 2.45) is 5.73 Å². The van der Waals surface area contributed by atoms with E-state index in [1.807, 2.05) is 24.3 Å². The van der Waals surface area contributed by atoms with Crippen molar-refractivity contribution in [2.45, 2.75) is 25.4 Å². The Hall–Kier alpha value is -1.07. The van der Waals surface area contributed by atoms with Crippen LogP contribution in [0.2, 0.25) is 0 Å². The van der Waals surface area contributed by atoms with Crippen molar-refractivity contribution in [3.05, 3.63) is 28.7 Å². The number of benzene rings is 1. The van der Waals surface area contributed by atoms with Crippen LogP contribution in [-0.2, 0) is 4.79 Å². The normalized spacial score (nSPS) is 24.6. The van der Waals surface area contributed by atoms with E-state index >= 15 is 0 Å². The Morgan fingerprint density at radius 1 is 1.44 bits per heavy atom. The van der Waals surface area contributed by atoms with Crippen LogP contribution in [-0.4, -0.2) is 31.1 Å². The van der Waals surface area contributed by atoms with Crippen LogP contribution in [0.4, 0.5) is 5.69 Å². The van der Waals surface area contributed by atoms with Crippen LogP contribution in [0.5, 0.6) is 0 Å². The number of nitrogens with two attached hydrogens (primary N) is 1. The highest BCUT2D eigenvalue weighted by atomic mass is 79.9. The Morgan fingerprint density at radius 2 is 2.11 bits per heavy atom. The van der Waals surface area contributed by atoms with Crippen LogP contribution < -0.4 is 16.0 Å². The summed E-state index contributed by atoms with van der Waals surface area (Å²) >= 11 is 3.42. The molecule has 0 bridgehead atoms. The molecule has 1 aliphatic rings. The van der Waals surface area contributed by atoms with Crippen molar-refractivity contribution < 1.29 is 4.79 Å². The molecule has 5 heteroatoms. The van der Waals surface area contributed by atoms with Crippen LogP contribution >= 0.6 is 15.9 Å². The standard InChI is InChI=1S/C13H18BrN3O/c1-9-6-7-16-13(18)12(8-15)17(9)11-4-2-10(14)3-5-11/h2-5,9,12H,6-8,15H2,1H3,(H,16,18). The minimum absolute atomic E-state index is 0.0183. The number of rotatable bonds is 2. The molecule has 98 valence electrons. The second kappa shape index (κ2) is 5.71. The third-order valence-corrected chi connectivity index (χ3v) is 3.85. The van der Waals surface area contributed by atoms with Crippen LogP contribution in [0.15, 0.2) is 28.7 Å². The predicted molar refractivity (Wildman–Crippen MR) is 76.6 cm³/mol. The molecule has 0 spiro atoms. The number of carbonyl (C=O) groups is 1. The Morgan fingerprint density at radius 3 is 2.72 bits per heavy atom. The van der Waals surface area contributed by atoms with Crippen LogP contribution in [0.25, 0.3) is 0 Å². The van der Waals surface area contributed by atoms with Gasteiger partial charge in [0.25, 0.3) is 0 Å². The minimum Gasteiger partial charge on any atom is -0.356 e. The van der Waals surface area contributed by atoms with E-state index < -0.39 is 0 Å². The molecule has 1 aliphatic heterocycles. The quantitative estimate of drug-likeness (QED) is 0.870. The molecule has 0 radical (unpaired) electrons. The Balaban J connectivity index is 2.35. The summed E-state index contributed by atoms with van der Waals surface area (Å²) in [6.45, 7) is 3.17. The molecular formula is C13H18BrN3O. The van der Waals surface area contributed by atoms with Gasteiger partial charge in [-0.15, -0.1) is 0 Å². The van der Waals surface area contributed by atoms with E-state index in [0.29, 0.717) is 19.1 Å². The van der Waals surface area contributed by atoms with Gasteiger partial charge in [-0.1, -0.05) is 15.9 Å². The van der Waals surface area contributed by atoms with Gasteiger partial charge in [-0.05, 0) is 37.6 Å². The van der Waals surface area contributed by atoms with Crippen molar-refractivity contribution in [3.63, 3.8) is 0 Å². The molecule has 3 N–H and O–H groups in total. The summed E-state index contributed by atoms with van der Waals surface area (Å²) in [5.74, 6) is 0.0183. The molecule has 2 unspecified atom stereocenters. The summed E-state index contributed by atoms with van der Waals surface area (Å²) in [4.78, 5) is 14.1. The molecule has 1 amide bonds. The summed E-state index contributed by atoms with van der Waals surface area (Å²) in [5, 5.41) is 2.92. The monoisotopic (exact) mass is 311 g/mol. The molecule has 18 heavy (non-hydrogen) atoms. The van der Waals surface area contributed by atoms with E-state index in [4.69, 9.17) is 5.73 Å². The van der Waals surface area contributed by atoms with Crippen molar-refractivity contribution in [3.8, 4) is 0 Å². The molecule has 1 fully saturated rings. The molecule has 1 heterocycles. The maximum Gasteiger partial charge on any atom is 0.244 e. The Bertz CT molecular complexity index is 421. The lowest BCUT2D eigenvalue weighted by Gasteiger charge is -2.34. The van der Waals surface area contributed by atoms with Gasteiger partial charge in [-0.3, -0.25) is 4.79 Å². The average molecular weight is 312 g/mol. The molecule has 2 rings (SSSR count). The molecule has 0 aromatic heterocycles. The summed E-state index contributed by atoms with van der Waals surface area (Å²) in [7, 11) is 0. The summed E-state index contributed by atoms with van der Waals surface area (Å²) in [6.07, 6.45) is 0.929. The van der Waals surface area contributed by atoms with Gasteiger partial charge >= 0.3 is 0 Å². The van der Waals surface area contributed by atoms with Gasteiger partial charge in [0.2, 0.25) is 5.91 Å². The van der Waals surface area contributed by atoms with Gasteiger partial charge in [0, 0.05) is 29.3 Å². The first-order valence-corrected chi connectivity index (χ1v) is 6.94. The second-order valence-corrected chi connectivity index (χ2v) is 5.48. The first-order valence-electron chi connectivity index (χ1n) is 6.15. The third kappa shape index (κ3) is 2.67. The number of hydrogen-bond donors (Lipinski definition) is 2. The zero-order valence-electron chi connectivity index (χ0n) is 10.4. The van der Waals surface area contributed by atoms with E-state index in [1.54, 1.807) is 0 Å². The summed E-state index contributed by atoms with van der Waals surface area (Å²) in [5.41, 5.74) is 6.81. The maximum absolute atomic E-state index is 12.0. The van der Waals surface area contributed by atoms with Crippen LogP contribution in [0, 0.1) is 0 Å². The van der Waals surface area contributed by atoms with Crippen molar-refractivity contribution in [1.29, 1.82) is 0 Å². The SMILES string of the molecule is CC1CCNC(=O)C(CN)N1c1ccc(Br)cc1. The molecule has 2 atom stereocenters. The number of anilines is 1. The van der Waals surface area contributed by atoms with Crippen molar-refractivity contribution in [1.82, 2.24) is 5.32 Å². The lowest BCUT2D eigenvalue weighted by Crippen LogP contribution is -2.51. The molecule has 1 aromatic carbocycles. The number of nitrogens with one attached hydrogen (secondary N) is 1. The van der Waals surface area contributed by atoms with Gasteiger partial charge in [0.15, 0.2) is 0 Å². The Labute approximate surface area is 116 Å². The van der Waals surface area contributed by atoms with E-state index in [1.165, 1.54) is 0 Å². The average Bonchev–Trinajstić information content (AvgIpc) is 2.49. The molecule has 0 aliphatic carbocycles. The number of nitrogens with zero attached hydrogens (tertiary/aromatic N) is 1. The zero-order valence-corrected chi connectivity index (χ0v) is 12.0. The minimum atomic E-state index is -0.288. The highest BCUT2D eigenvalue weighted by Gasteiger charge is 2.31. The second-order valence-electron chi connectivity index (χ2n) is 4.56. The fourth-order valence-electron chi connectivity index (χ4n) is 2.36. The van der Waals surface area contributed by atoms with E-state index in [2.05, 4.69) is 33.1 Å². The fraction of sp³-hybridized carbons (Fsp3) is 0.462. The van der Waals surface area contributed by atoms with Crippen molar-refractivity contribution >= 4 is 27.5 Å². The number of carbonyl (C=O) groups excluding carboxylic acids is 1. The summed E-state index contributed by atoms with van der Waals surface area (Å²) in [6, 6.07) is 8.00. The fourth-order valence-corrected chi connectivity index (χ4v) is 2.63. The smallest absolute Gasteiger partial charge is 0.244 e. The molecule has 1 aromatic rings. The van der Waals surface area contributed by atoms with Crippen LogP contribution in [0.1, 0.15) is 13.3 Å². The topological polar surface area (TPSA) is 58.4 Å². The highest BCUT2D eigenvalue weighted by molar-refractivity contribution is 9.10. The first kappa shape index (κ1) is 13.4. The number of hydrogen-bond acceptors (Lipinski definition) is 3. The number of amides is 1. The number of halogens is 1. The molecule has 0 saturated carbocycles. The van der Waals surface area contributed by atoms with E-state index in [9.17, 15) is 4.79 Å². The highest BCUT2D eigenvalue weighted by Crippen LogP contribution is 2.24. The molecule has 1 saturated heterocycles. The lowest BCUT2D eigenvalue weighted by atomic mass is 10.1. The largest absolute Gasteiger partial charge is 0.356 e. The van der Waals surface area contributed by atoms with Crippen LogP contribution in [0.3, 0.4) is 0 Å². The maximum atomic E-state index is 12.0. The Kier molecular flexibility index (Phi) is 4.24. The molecular weight excluding hydrogens is 294 g/mol. The lowest BCUT2D eigenvalue weighted by molar-refractivity contribution is -0.121. The van der Waals surface area contributed by atoms with Crippen molar-refractivity contribution in [2.75, 3.05) is 18.0 Å². The first-order chi connectivity index (χ1) is 8.63. The van der Waals surface area contributed by atoms with E-state index in [0.717, 1.165) is 16.6 Å². The third-order valence-electron chi connectivity index (χ3n) is 3.32. The van der Waals surface area contributed by atoms with Gasteiger partial charge in [0.05, 0.1) is 0 Å².